The zero-order valence-electron chi connectivity index (χ0n) is 14.7. The number of anilines is 1. The smallest absolute Gasteiger partial charge is 0.243 e. The van der Waals surface area contributed by atoms with Crippen molar-refractivity contribution >= 4 is 33.2 Å². The zero-order valence-corrected chi connectivity index (χ0v) is 16.4. The van der Waals surface area contributed by atoms with Crippen LogP contribution in [0.5, 0.6) is 0 Å². The summed E-state index contributed by atoms with van der Waals surface area (Å²) in [5, 5.41) is 17.3. The number of amides is 1. The van der Waals surface area contributed by atoms with Gasteiger partial charge in [-0.05, 0) is 47.9 Å². The lowest BCUT2D eigenvalue weighted by Gasteiger charge is -2.17. The number of carbonyl (C=O) groups is 1. The van der Waals surface area contributed by atoms with Gasteiger partial charge in [0.15, 0.2) is 0 Å². The Kier molecular flexibility index (Phi) is 5.79. The molecule has 0 spiro atoms. The van der Waals surface area contributed by atoms with Gasteiger partial charge in [0.25, 0.3) is 0 Å². The van der Waals surface area contributed by atoms with Gasteiger partial charge in [-0.25, -0.2) is 8.42 Å². The van der Waals surface area contributed by atoms with E-state index in [1.165, 1.54) is 42.8 Å². The maximum Gasteiger partial charge on any atom is 0.243 e. The summed E-state index contributed by atoms with van der Waals surface area (Å²) in [4.78, 5) is 12.3. The summed E-state index contributed by atoms with van der Waals surface area (Å²) in [6.45, 7) is -0.347. The molecule has 0 saturated heterocycles. The van der Waals surface area contributed by atoms with Crippen molar-refractivity contribution < 1.29 is 13.2 Å². The summed E-state index contributed by atoms with van der Waals surface area (Å²) in [6.07, 6.45) is 0. The van der Waals surface area contributed by atoms with Gasteiger partial charge in [0.1, 0.15) is 5.69 Å². The maximum atomic E-state index is 12.5. The second kappa shape index (κ2) is 8.26. The largest absolute Gasteiger partial charge is 0.325 e. The average molecular weight is 413 g/mol. The van der Waals surface area contributed by atoms with Crippen LogP contribution < -0.4 is 5.32 Å². The molecule has 0 aliphatic heterocycles. The topological polar surface area (TPSA) is 116 Å². The zero-order chi connectivity index (χ0) is 20.1. The minimum Gasteiger partial charge on any atom is -0.325 e. The van der Waals surface area contributed by atoms with Crippen molar-refractivity contribution in [2.75, 3.05) is 18.9 Å². The van der Waals surface area contributed by atoms with Crippen molar-refractivity contribution in [1.82, 2.24) is 13.9 Å². The SMILES string of the molecule is CN(CC(=O)Nc1ccc(-c2csnn2)cc1)S(=O)(=O)c1ccc(C#N)cc1. The molecule has 3 rings (SSSR count). The molecule has 1 aromatic heterocycles. The fourth-order valence-electron chi connectivity index (χ4n) is 2.38. The van der Waals surface area contributed by atoms with E-state index in [0.29, 0.717) is 11.3 Å². The fraction of sp³-hybridized carbons (Fsp3) is 0.111. The molecule has 10 heteroatoms. The molecule has 1 amide bonds. The predicted molar refractivity (Wildman–Crippen MR) is 105 cm³/mol. The monoisotopic (exact) mass is 413 g/mol. The summed E-state index contributed by atoms with van der Waals surface area (Å²) in [5.41, 5.74) is 2.51. The highest BCUT2D eigenvalue weighted by Crippen LogP contribution is 2.20. The molecule has 0 unspecified atom stereocenters. The quantitative estimate of drug-likeness (QED) is 0.663. The molecule has 28 heavy (non-hydrogen) atoms. The average Bonchev–Trinajstić information content (AvgIpc) is 3.23. The molecule has 0 fully saturated rings. The Labute approximate surface area is 166 Å². The molecule has 8 nitrogen and oxygen atoms in total. The van der Waals surface area contributed by atoms with Gasteiger partial charge in [-0.1, -0.05) is 16.6 Å². The molecule has 3 aromatic rings. The summed E-state index contributed by atoms with van der Waals surface area (Å²) >= 11 is 1.25. The molecule has 2 aromatic carbocycles. The predicted octanol–water partition coefficient (Wildman–Crippen LogP) is 2.34. The van der Waals surface area contributed by atoms with E-state index in [1.807, 2.05) is 11.4 Å². The van der Waals surface area contributed by atoms with Crippen LogP contribution in [-0.2, 0) is 14.8 Å². The fourth-order valence-corrected chi connectivity index (χ4v) is 3.98. The Morgan fingerprint density at radius 2 is 1.86 bits per heavy atom. The molecular formula is C18H15N5O3S2. The first kappa shape index (κ1) is 19.6. The second-order valence-electron chi connectivity index (χ2n) is 5.81. The van der Waals surface area contributed by atoms with Crippen molar-refractivity contribution in [3.63, 3.8) is 0 Å². The van der Waals surface area contributed by atoms with Crippen LogP contribution in [0.4, 0.5) is 5.69 Å². The van der Waals surface area contributed by atoms with E-state index in [0.717, 1.165) is 15.6 Å². The van der Waals surface area contributed by atoms with Crippen LogP contribution in [0.25, 0.3) is 11.3 Å². The number of nitrogens with zero attached hydrogens (tertiary/aromatic N) is 4. The molecule has 142 valence electrons. The van der Waals surface area contributed by atoms with E-state index in [9.17, 15) is 13.2 Å². The highest BCUT2D eigenvalue weighted by Gasteiger charge is 2.23. The molecule has 0 atom stereocenters. The lowest BCUT2D eigenvalue weighted by atomic mass is 10.1. The third kappa shape index (κ3) is 4.40. The molecular weight excluding hydrogens is 398 g/mol. The van der Waals surface area contributed by atoms with Crippen LogP contribution in [0.2, 0.25) is 0 Å². The first-order valence-electron chi connectivity index (χ1n) is 8.04. The van der Waals surface area contributed by atoms with Crippen LogP contribution in [0.1, 0.15) is 5.56 Å². The van der Waals surface area contributed by atoms with Crippen molar-refractivity contribution in [2.45, 2.75) is 4.90 Å². The van der Waals surface area contributed by atoms with Crippen LogP contribution >= 0.6 is 11.5 Å². The van der Waals surface area contributed by atoms with Crippen LogP contribution in [-0.4, -0.2) is 41.8 Å². The van der Waals surface area contributed by atoms with E-state index < -0.39 is 15.9 Å². The summed E-state index contributed by atoms with van der Waals surface area (Å²) in [5.74, 6) is -0.470. The van der Waals surface area contributed by atoms with Gasteiger partial charge in [-0.15, -0.1) is 5.10 Å². The number of sulfonamides is 1. The van der Waals surface area contributed by atoms with Gasteiger partial charge in [-0.2, -0.15) is 9.57 Å². The number of nitriles is 1. The molecule has 0 saturated carbocycles. The molecule has 0 radical (unpaired) electrons. The molecule has 1 heterocycles. The Balaban J connectivity index is 1.64. The minimum absolute atomic E-state index is 0.0167. The summed E-state index contributed by atoms with van der Waals surface area (Å²) < 4.78 is 29.9. The van der Waals surface area contributed by atoms with E-state index in [1.54, 1.807) is 24.3 Å². The van der Waals surface area contributed by atoms with Gasteiger partial charge < -0.3 is 5.32 Å². The normalized spacial score (nSPS) is 11.2. The minimum atomic E-state index is -3.84. The molecule has 0 bridgehead atoms. The number of nitrogens with one attached hydrogen (secondary N) is 1. The Morgan fingerprint density at radius 1 is 1.18 bits per heavy atom. The van der Waals surface area contributed by atoms with Gasteiger partial charge >= 0.3 is 0 Å². The maximum absolute atomic E-state index is 12.5. The van der Waals surface area contributed by atoms with E-state index in [-0.39, 0.29) is 11.4 Å². The molecule has 1 N–H and O–H groups in total. The summed E-state index contributed by atoms with van der Waals surface area (Å²) in [7, 11) is -2.51. The van der Waals surface area contributed by atoms with Crippen LogP contribution in [0.15, 0.2) is 58.8 Å². The van der Waals surface area contributed by atoms with Gasteiger partial charge in [0.05, 0.1) is 23.1 Å². The van der Waals surface area contributed by atoms with Gasteiger partial charge in [0, 0.05) is 23.7 Å². The standard InChI is InChI=1S/C18H15N5O3S2/c1-23(28(25,26)16-8-2-13(10-19)3-9-16)11-18(24)20-15-6-4-14(5-7-15)17-12-27-22-21-17/h2-9,12H,11H2,1H3,(H,20,24). The summed E-state index contributed by atoms with van der Waals surface area (Å²) in [6, 6.07) is 14.5. The van der Waals surface area contributed by atoms with Crippen molar-refractivity contribution in [3.8, 4) is 17.3 Å². The third-order valence-corrected chi connectivity index (χ3v) is 6.20. The molecule has 0 aliphatic carbocycles. The first-order valence-corrected chi connectivity index (χ1v) is 10.3. The number of carbonyl (C=O) groups excluding carboxylic acids is 1. The van der Waals surface area contributed by atoms with Gasteiger partial charge in [-0.3, -0.25) is 4.79 Å². The second-order valence-corrected chi connectivity index (χ2v) is 8.47. The number of benzene rings is 2. The highest BCUT2D eigenvalue weighted by atomic mass is 32.2. The van der Waals surface area contributed by atoms with Crippen molar-refractivity contribution in [1.29, 1.82) is 5.26 Å². The lowest BCUT2D eigenvalue weighted by molar-refractivity contribution is -0.116. The number of hydrogen-bond donors (Lipinski definition) is 1. The van der Waals surface area contributed by atoms with Crippen LogP contribution in [0.3, 0.4) is 0 Å². The van der Waals surface area contributed by atoms with E-state index in [2.05, 4.69) is 14.9 Å². The van der Waals surface area contributed by atoms with Crippen molar-refractivity contribution in [3.05, 3.63) is 59.5 Å². The van der Waals surface area contributed by atoms with Gasteiger partial charge in [0.2, 0.25) is 15.9 Å². The first-order chi connectivity index (χ1) is 13.4. The number of aromatic nitrogens is 2. The number of hydrogen-bond acceptors (Lipinski definition) is 7. The van der Waals surface area contributed by atoms with E-state index in [4.69, 9.17) is 5.26 Å². The lowest BCUT2D eigenvalue weighted by Crippen LogP contribution is -2.34. The Hall–Kier alpha value is -3.13. The highest BCUT2D eigenvalue weighted by molar-refractivity contribution is 7.89. The van der Waals surface area contributed by atoms with E-state index >= 15 is 0 Å². The Morgan fingerprint density at radius 3 is 2.43 bits per heavy atom. The molecule has 0 aliphatic rings. The number of rotatable bonds is 6. The van der Waals surface area contributed by atoms with Crippen molar-refractivity contribution in [2.24, 2.45) is 0 Å². The third-order valence-electron chi connectivity index (χ3n) is 3.88. The number of likely N-dealkylation sites (N-methyl/N-ethyl adjacent to an activating group) is 1. The van der Waals surface area contributed by atoms with Crippen LogP contribution in [0, 0.1) is 11.3 Å². The Bertz CT molecular complexity index is 1100.